The van der Waals surface area contributed by atoms with Gasteiger partial charge in [0, 0.05) is 30.2 Å². The van der Waals surface area contributed by atoms with Crippen LogP contribution >= 0.6 is 12.4 Å². The smallest absolute Gasteiger partial charge is 0.239 e. The van der Waals surface area contributed by atoms with Crippen molar-refractivity contribution in [3.63, 3.8) is 0 Å². The first-order chi connectivity index (χ1) is 13.5. The molecule has 6 heteroatoms. The Morgan fingerprint density at radius 3 is 2.52 bits per heavy atom. The Balaban J connectivity index is 0.00000240. The van der Waals surface area contributed by atoms with Crippen LogP contribution in [0.2, 0.25) is 0 Å². The highest BCUT2D eigenvalue weighted by atomic mass is 35.5. The van der Waals surface area contributed by atoms with E-state index in [1.165, 1.54) is 5.56 Å². The molecule has 5 nitrogen and oxygen atoms in total. The molecule has 2 amide bonds. The molecule has 1 fully saturated rings. The lowest BCUT2D eigenvalue weighted by atomic mass is 9.97. The van der Waals surface area contributed by atoms with Crippen molar-refractivity contribution < 1.29 is 9.59 Å². The largest absolute Gasteiger partial charge is 0.398 e. The number of hydrogen-bond donors (Lipinski definition) is 1. The van der Waals surface area contributed by atoms with E-state index in [9.17, 15) is 9.59 Å². The number of amides is 2. The van der Waals surface area contributed by atoms with Crippen LogP contribution in [0.5, 0.6) is 0 Å². The SMILES string of the molecule is CC(C)c1ccc(N2CCC(C(=O)N3CCCc4c(N)cccc43)C2=O)cc1.Cl. The minimum Gasteiger partial charge on any atom is -0.398 e. The molecule has 2 aromatic carbocycles. The summed E-state index contributed by atoms with van der Waals surface area (Å²) in [5, 5.41) is 0. The molecular weight excluding hydrogens is 386 g/mol. The molecule has 154 valence electrons. The van der Waals surface area contributed by atoms with E-state index >= 15 is 0 Å². The highest BCUT2D eigenvalue weighted by Crippen LogP contribution is 2.34. The van der Waals surface area contributed by atoms with Crippen molar-refractivity contribution in [2.75, 3.05) is 28.6 Å². The van der Waals surface area contributed by atoms with Crippen LogP contribution in [0.3, 0.4) is 0 Å². The number of rotatable bonds is 3. The Labute approximate surface area is 178 Å². The molecular formula is C23H28ClN3O2. The van der Waals surface area contributed by atoms with E-state index in [1.54, 1.807) is 9.80 Å². The number of fused-ring (bicyclic) bond motifs is 1. The summed E-state index contributed by atoms with van der Waals surface area (Å²) in [5.41, 5.74) is 10.8. The van der Waals surface area contributed by atoms with Crippen LogP contribution in [0.1, 0.15) is 43.7 Å². The van der Waals surface area contributed by atoms with Gasteiger partial charge in [0.1, 0.15) is 5.92 Å². The zero-order chi connectivity index (χ0) is 19.8. The zero-order valence-electron chi connectivity index (χ0n) is 16.9. The van der Waals surface area contributed by atoms with E-state index in [-0.39, 0.29) is 24.2 Å². The Hall–Kier alpha value is -2.53. The normalized spacial score (nSPS) is 18.6. The second kappa shape index (κ2) is 8.46. The number of nitrogen functional groups attached to an aromatic ring is 1. The number of hydrogen-bond acceptors (Lipinski definition) is 3. The van der Waals surface area contributed by atoms with Crippen LogP contribution in [0.4, 0.5) is 17.1 Å². The number of nitrogens with two attached hydrogens (primary N) is 1. The molecule has 0 saturated carbocycles. The Morgan fingerprint density at radius 1 is 1.10 bits per heavy atom. The van der Waals surface area contributed by atoms with Gasteiger partial charge in [0.2, 0.25) is 11.8 Å². The van der Waals surface area contributed by atoms with E-state index < -0.39 is 5.92 Å². The number of halogens is 1. The molecule has 0 aliphatic carbocycles. The van der Waals surface area contributed by atoms with E-state index in [4.69, 9.17) is 5.73 Å². The van der Waals surface area contributed by atoms with Crippen molar-refractivity contribution in [2.24, 2.45) is 5.92 Å². The first-order valence-electron chi connectivity index (χ1n) is 10.1. The summed E-state index contributed by atoms with van der Waals surface area (Å²) in [6, 6.07) is 13.8. The van der Waals surface area contributed by atoms with E-state index in [0.717, 1.165) is 35.5 Å². The summed E-state index contributed by atoms with van der Waals surface area (Å²) >= 11 is 0. The summed E-state index contributed by atoms with van der Waals surface area (Å²) < 4.78 is 0. The Kier molecular flexibility index (Phi) is 6.18. The molecule has 2 aliphatic heterocycles. The van der Waals surface area contributed by atoms with Gasteiger partial charge in [-0.05, 0) is 60.6 Å². The van der Waals surface area contributed by atoms with Crippen molar-refractivity contribution in [1.82, 2.24) is 0 Å². The summed E-state index contributed by atoms with van der Waals surface area (Å²) in [5.74, 6) is -0.363. The second-order valence-electron chi connectivity index (χ2n) is 8.02. The summed E-state index contributed by atoms with van der Waals surface area (Å²) in [6.07, 6.45) is 2.30. The van der Waals surface area contributed by atoms with Gasteiger partial charge >= 0.3 is 0 Å². The van der Waals surface area contributed by atoms with E-state index in [2.05, 4.69) is 26.0 Å². The molecule has 2 heterocycles. The maximum absolute atomic E-state index is 13.2. The molecule has 0 aromatic heterocycles. The standard InChI is InChI=1S/C23H27N3O2.ClH/c1-15(2)16-8-10-17(11-9-16)25-14-12-19(22(25)27)23(28)26-13-4-5-18-20(24)6-3-7-21(18)26;/h3,6-11,15,19H,4-5,12-14,24H2,1-2H3;1H. The molecule has 2 aliphatic rings. The molecule has 1 atom stereocenters. The minimum absolute atomic E-state index is 0. The predicted octanol–water partition coefficient (Wildman–Crippen LogP) is 4.15. The number of anilines is 3. The first-order valence-corrected chi connectivity index (χ1v) is 10.1. The number of nitrogens with zero attached hydrogens (tertiary/aromatic N) is 2. The topological polar surface area (TPSA) is 66.6 Å². The molecule has 2 N–H and O–H groups in total. The molecule has 1 saturated heterocycles. The molecule has 4 rings (SSSR count). The van der Waals surface area contributed by atoms with Crippen LogP contribution in [-0.4, -0.2) is 24.9 Å². The fourth-order valence-corrected chi connectivity index (χ4v) is 4.27. The van der Waals surface area contributed by atoms with Crippen LogP contribution in [-0.2, 0) is 16.0 Å². The predicted molar refractivity (Wildman–Crippen MR) is 120 cm³/mol. The quantitative estimate of drug-likeness (QED) is 0.607. The van der Waals surface area contributed by atoms with Crippen LogP contribution in [0, 0.1) is 5.92 Å². The maximum atomic E-state index is 13.2. The average Bonchev–Trinajstić information content (AvgIpc) is 3.09. The van der Waals surface area contributed by atoms with E-state index in [0.29, 0.717) is 25.4 Å². The number of carbonyl (C=O) groups excluding carboxylic acids is 2. The lowest BCUT2D eigenvalue weighted by molar-refractivity contribution is -0.130. The second-order valence-corrected chi connectivity index (χ2v) is 8.02. The first kappa shape index (κ1) is 21.2. The maximum Gasteiger partial charge on any atom is 0.239 e. The Bertz CT molecular complexity index is 911. The van der Waals surface area contributed by atoms with Gasteiger partial charge in [-0.15, -0.1) is 12.4 Å². The third-order valence-electron chi connectivity index (χ3n) is 5.93. The molecule has 0 bridgehead atoms. The highest BCUT2D eigenvalue weighted by Gasteiger charge is 2.41. The molecule has 0 radical (unpaired) electrons. The molecule has 0 spiro atoms. The van der Waals surface area contributed by atoms with Gasteiger partial charge in [-0.3, -0.25) is 9.59 Å². The average molecular weight is 414 g/mol. The molecule has 2 aromatic rings. The summed E-state index contributed by atoms with van der Waals surface area (Å²) in [4.78, 5) is 29.8. The van der Waals surface area contributed by atoms with Crippen molar-refractivity contribution in [1.29, 1.82) is 0 Å². The van der Waals surface area contributed by atoms with Crippen molar-refractivity contribution in [2.45, 2.75) is 39.0 Å². The van der Waals surface area contributed by atoms with Crippen LogP contribution in [0.25, 0.3) is 0 Å². The van der Waals surface area contributed by atoms with Gasteiger partial charge < -0.3 is 15.5 Å². The van der Waals surface area contributed by atoms with Gasteiger partial charge in [-0.25, -0.2) is 0 Å². The van der Waals surface area contributed by atoms with E-state index in [1.807, 2.05) is 30.3 Å². The lowest BCUT2D eigenvalue weighted by Gasteiger charge is -2.31. The Morgan fingerprint density at radius 2 is 1.83 bits per heavy atom. The number of benzene rings is 2. The fraction of sp³-hybridized carbons (Fsp3) is 0.391. The summed E-state index contributed by atoms with van der Waals surface area (Å²) in [6.45, 7) is 5.51. The zero-order valence-corrected chi connectivity index (χ0v) is 17.7. The molecule has 1 unspecified atom stereocenters. The lowest BCUT2D eigenvalue weighted by Crippen LogP contribution is -2.42. The van der Waals surface area contributed by atoms with Gasteiger partial charge in [0.25, 0.3) is 0 Å². The van der Waals surface area contributed by atoms with Crippen LogP contribution < -0.4 is 15.5 Å². The van der Waals surface area contributed by atoms with Gasteiger partial charge in [-0.2, -0.15) is 0 Å². The van der Waals surface area contributed by atoms with Crippen molar-refractivity contribution >= 4 is 41.3 Å². The van der Waals surface area contributed by atoms with Crippen molar-refractivity contribution in [3.8, 4) is 0 Å². The highest BCUT2D eigenvalue weighted by molar-refractivity contribution is 6.14. The minimum atomic E-state index is -0.614. The summed E-state index contributed by atoms with van der Waals surface area (Å²) in [7, 11) is 0. The fourth-order valence-electron chi connectivity index (χ4n) is 4.27. The third-order valence-corrected chi connectivity index (χ3v) is 5.93. The third kappa shape index (κ3) is 3.84. The molecule has 29 heavy (non-hydrogen) atoms. The van der Waals surface area contributed by atoms with Gasteiger partial charge in [0.05, 0.1) is 0 Å². The van der Waals surface area contributed by atoms with Crippen molar-refractivity contribution in [3.05, 3.63) is 53.6 Å². The van der Waals surface area contributed by atoms with Gasteiger partial charge in [-0.1, -0.05) is 32.0 Å². The monoisotopic (exact) mass is 413 g/mol. The van der Waals surface area contributed by atoms with Gasteiger partial charge in [0.15, 0.2) is 0 Å². The van der Waals surface area contributed by atoms with Crippen LogP contribution in [0.15, 0.2) is 42.5 Å². The number of carbonyl (C=O) groups is 2.